The largest absolute Gasteiger partial charge is 0.358 e. The Morgan fingerprint density at radius 2 is 2.11 bits per heavy atom. The van der Waals surface area contributed by atoms with Gasteiger partial charge in [0.2, 0.25) is 5.91 Å². The average Bonchev–Trinajstić information content (AvgIpc) is 2.30. The number of hydrogen-bond acceptors (Lipinski definition) is 3. The summed E-state index contributed by atoms with van der Waals surface area (Å²) in [5, 5.41) is 1.12. The van der Waals surface area contributed by atoms with E-state index in [1.165, 1.54) is 20.0 Å². The molecule has 1 amide bonds. The molecule has 1 atom stereocenters. The van der Waals surface area contributed by atoms with Crippen LogP contribution >= 0.6 is 11.6 Å². The predicted molar refractivity (Wildman–Crippen MR) is 67.6 cm³/mol. The van der Waals surface area contributed by atoms with Gasteiger partial charge in [0.25, 0.3) is 0 Å². The third-order valence-electron chi connectivity index (χ3n) is 2.53. The number of halogens is 2. The monoisotopic (exact) mass is 293 g/mol. The molecule has 0 aliphatic heterocycles. The molecule has 0 heterocycles. The van der Waals surface area contributed by atoms with Crippen molar-refractivity contribution in [1.82, 2.24) is 5.32 Å². The summed E-state index contributed by atoms with van der Waals surface area (Å²) < 4.78 is 36.7. The molecule has 0 aliphatic rings. The first kappa shape index (κ1) is 14.9. The number of rotatable bonds is 4. The third kappa shape index (κ3) is 3.43. The van der Waals surface area contributed by atoms with Gasteiger partial charge in [0.05, 0.1) is 5.75 Å². The lowest BCUT2D eigenvalue weighted by Gasteiger charge is -2.12. The third-order valence-corrected chi connectivity index (χ3v) is 4.88. The van der Waals surface area contributed by atoms with E-state index < -0.39 is 32.6 Å². The van der Waals surface area contributed by atoms with E-state index in [1.54, 1.807) is 0 Å². The van der Waals surface area contributed by atoms with Crippen LogP contribution in [0.1, 0.15) is 12.5 Å². The van der Waals surface area contributed by atoms with Gasteiger partial charge < -0.3 is 5.32 Å². The second kappa shape index (κ2) is 5.67. The molecule has 0 aliphatic carbocycles. The standard InChI is InChI=1S/C11H13ClFNO3S/c1-7(11(15)14-2)18(16,17)6-8-3-4-9(13)5-10(8)12/h3-5,7H,6H2,1-2H3,(H,14,15). The fraction of sp³-hybridized carbons (Fsp3) is 0.364. The van der Waals surface area contributed by atoms with E-state index in [9.17, 15) is 17.6 Å². The van der Waals surface area contributed by atoms with E-state index in [4.69, 9.17) is 11.6 Å². The fourth-order valence-corrected chi connectivity index (χ4v) is 3.04. The molecule has 1 N–H and O–H groups in total. The van der Waals surface area contributed by atoms with Crippen LogP contribution in [0, 0.1) is 5.82 Å². The van der Waals surface area contributed by atoms with Gasteiger partial charge in [-0.2, -0.15) is 0 Å². The van der Waals surface area contributed by atoms with Crippen molar-refractivity contribution >= 4 is 27.3 Å². The number of benzene rings is 1. The summed E-state index contributed by atoms with van der Waals surface area (Å²) in [6.45, 7) is 1.30. The lowest BCUT2D eigenvalue weighted by atomic mass is 10.2. The normalized spacial score (nSPS) is 13.1. The summed E-state index contributed by atoms with van der Waals surface area (Å²) in [7, 11) is -2.32. The van der Waals surface area contributed by atoms with Crippen LogP contribution in [-0.2, 0) is 20.4 Å². The van der Waals surface area contributed by atoms with E-state index in [2.05, 4.69) is 5.32 Å². The zero-order valence-electron chi connectivity index (χ0n) is 9.91. The van der Waals surface area contributed by atoms with Crippen molar-refractivity contribution in [3.8, 4) is 0 Å². The highest BCUT2D eigenvalue weighted by Crippen LogP contribution is 2.21. The minimum atomic E-state index is -3.68. The first-order chi connectivity index (χ1) is 8.27. The first-order valence-corrected chi connectivity index (χ1v) is 7.24. The zero-order chi connectivity index (χ0) is 13.9. The summed E-state index contributed by atoms with van der Waals surface area (Å²) in [6.07, 6.45) is 0. The van der Waals surface area contributed by atoms with Crippen LogP contribution in [0.25, 0.3) is 0 Å². The van der Waals surface area contributed by atoms with Gasteiger partial charge in [0.1, 0.15) is 11.1 Å². The van der Waals surface area contributed by atoms with Crippen LogP contribution in [0.4, 0.5) is 4.39 Å². The average molecular weight is 294 g/mol. The van der Waals surface area contributed by atoms with Gasteiger partial charge in [-0.05, 0) is 24.6 Å². The number of nitrogens with one attached hydrogen (secondary N) is 1. The molecule has 0 aromatic heterocycles. The molecule has 0 saturated heterocycles. The van der Waals surface area contributed by atoms with Crippen LogP contribution in [0.2, 0.25) is 5.02 Å². The van der Waals surface area contributed by atoms with Gasteiger partial charge in [-0.15, -0.1) is 0 Å². The first-order valence-electron chi connectivity index (χ1n) is 5.15. The van der Waals surface area contributed by atoms with Crippen molar-refractivity contribution in [3.05, 3.63) is 34.6 Å². The lowest BCUT2D eigenvalue weighted by Crippen LogP contribution is -2.36. The Labute approximate surface area is 110 Å². The summed E-state index contributed by atoms with van der Waals surface area (Å²) in [6, 6.07) is 3.46. The molecule has 1 aromatic carbocycles. The smallest absolute Gasteiger partial charge is 0.237 e. The Morgan fingerprint density at radius 3 is 2.61 bits per heavy atom. The van der Waals surface area contributed by atoms with Gasteiger partial charge in [0.15, 0.2) is 9.84 Å². The van der Waals surface area contributed by atoms with E-state index in [0.29, 0.717) is 0 Å². The van der Waals surface area contributed by atoms with Crippen molar-refractivity contribution < 1.29 is 17.6 Å². The molecule has 4 nitrogen and oxygen atoms in total. The Hall–Kier alpha value is -1.14. The topological polar surface area (TPSA) is 63.2 Å². The van der Waals surface area contributed by atoms with E-state index in [0.717, 1.165) is 12.1 Å². The number of carbonyl (C=O) groups is 1. The van der Waals surface area contributed by atoms with Gasteiger partial charge in [0, 0.05) is 12.1 Å². The predicted octanol–water partition coefficient (Wildman–Crippen LogP) is 1.53. The summed E-state index contributed by atoms with van der Waals surface area (Å²) >= 11 is 5.75. The van der Waals surface area contributed by atoms with Gasteiger partial charge >= 0.3 is 0 Å². The second-order valence-electron chi connectivity index (χ2n) is 3.80. The molecular formula is C11H13ClFNO3S. The number of amides is 1. The fourth-order valence-electron chi connectivity index (χ4n) is 1.35. The Balaban J connectivity index is 2.99. The van der Waals surface area contributed by atoms with Crippen molar-refractivity contribution in [2.45, 2.75) is 17.9 Å². The van der Waals surface area contributed by atoms with E-state index in [-0.39, 0.29) is 10.6 Å². The van der Waals surface area contributed by atoms with Crippen molar-refractivity contribution in [2.24, 2.45) is 0 Å². The molecule has 1 rings (SSSR count). The van der Waals surface area contributed by atoms with E-state index in [1.807, 2.05) is 0 Å². The van der Waals surface area contributed by atoms with Crippen molar-refractivity contribution in [3.63, 3.8) is 0 Å². The highest BCUT2D eigenvalue weighted by Gasteiger charge is 2.28. The van der Waals surface area contributed by atoms with Crippen LogP contribution in [0.3, 0.4) is 0 Å². The summed E-state index contributed by atoms with van der Waals surface area (Å²) in [4.78, 5) is 11.3. The SMILES string of the molecule is CNC(=O)C(C)S(=O)(=O)Cc1ccc(F)cc1Cl. The molecule has 100 valence electrons. The number of carbonyl (C=O) groups excluding carboxylic acids is 1. The number of sulfone groups is 1. The molecule has 0 fully saturated rings. The molecule has 1 unspecified atom stereocenters. The lowest BCUT2D eigenvalue weighted by molar-refractivity contribution is -0.119. The molecule has 0 spiro atoms. The minimum Gasteiger partial charge on any atom is -0.358 e. The van der Waals surface area contributed by atoms with Crippen LogP contribution in [-0.4, -0.2) is 26.6 Å². The Kier molecular flexibility index (Phi) is 4.70. The zero-order valence-corrected chi connectivity index (χ0v) is 11.5. The maximum Gasteiger partial charge on any atom is 0.237 e. The molecule has 0 saturated carbocycles. The van der Waals surface area contributed by atoms with Crippen LogP contribution in [0.5, 0.6) is 0 Å². The minimum absolute atomic E-state index is 0.0303. The number of hydrogen-bond donors (Lipinski definition) is 1. The van der Waals surface area contributed by atoms with E-state index >= 15 is 0 Å². The Morgan fingerprint density at radius 1 is 1.50 bits per heavy atom. The summed E-state index contributed by atoms with van der Waals surface area (Å²) in [5.41, 5.74) is 0.272. The van der Waals surface area contributed by atoms with Gasteiger partial charge in [-0.1, -0.05) is 17.7 Å². The maximum absolute atomic E-state index is 12.8. The maximum atomic E-state index is 12.8. The molecular weight excluding hydrogens is 281 g/mol. The highest BCUT2D eigenvalue weighted by molar-refractivity contribution is 7.92. The molecule has 1 aromatic rings. The molecule has 0 bridgehead atoms. The van der Waals surface area contributed by atoms with Crippen LogP contribution in [0.15, 0.2) is 18.2 Å². The van der Waals surface area contributed by atoms with Crippen molar-refractivity contribution in [1.29, 1.82) is 0 Å². The van der Waals surface area contributed by atoms with Gasteiger partial charge in [-0.25, -0.2) is 12.8 Å². The quantitative estimate of drug-likeness (QED) is 0.916. The summed E-state index contributed by atoms with van der Waals surface area (Å²) in [5.74, 6) is -1.53. The second-order valence-corrected chi connectivity index (χ2v) is 6.53. The molecule has 7 heteroatoms. The van der Waals surface area contributed by atoms with Crippen LogP contribution < -0.4 is 5.32 Å². The Bertz CT molecular complexity index is 559. The molecule has 18 heavy (non-hydrogen) atoms. The van der Waals surface area contributed by atoms with Gasteiger partial charge in [-0.3, -0.25) is 4.79 Å². The molecule has 0 radical (unpaired) electrons. The highest BCUT2D eigenvalue weighted by atomic mass is 35.5. The van der Waals surface area contributed by atoms with Crippen molar-refractivity contribution in [2.75, 3.05) is 7.05 Å².